The van der Waals surface area contributed by atoms with Gasteiger partial charge in [0.25, 0.3) is 0 Å². The highest BCUT2D eigenvalue weighted by Crippen LogP contribution is 1.71. The van der Waals surface area contributed by atoms with E-state index in [2.05, 4.69) is 13.8 Å². The van der Waals surface area contributed by atoms with E-state index in [9.17, 15) is 19.2 Å². The van der Waals surface area contributed by atoms with Crippen molar-refractivity contribution < 1.29 is 39.6 Å². The molecule has 0 radical (unpaired) electrons. The van der Waals surface area contributed by atoms with E-state index >= 15 is 0 Å². The number of carbonyl (C=O) groups is 4. The van der Waals surface area contributed by atoms with Crippen LogP contribution in [0.3, 0.4) is 0 Å². The van der Waals surface area contributed by atoms with Gasteiger partial charge in [-0.05, 0) is 0 Å². The van der Waals surface area contributed by atoms with Crippen LogP contribution in [0.1, 0.15) is 20.3 Å². The van der Waals surface area contributed by atoms with Gasteiger partial charge in [-0.25, -0.2) is 19.2 Å². The van der Waals surface area contributed by atoms with Crippen LogP contribution in [0.25, 0.3) is 0 Å². The van der Waals surface area contributed by atoms with Crippen LogP contribution in [0.2, 0.25) is 0 Å². The smallest absolute Gasteiger partial charge is 0.328 e. The second kappa shape index (κ2) is 15.4. The second-order valence-corrected chi connectivity index (χ2v) is 2.73. The summed E-state index contributed by atoms with van der Waals surface area (Å²) in [7, 11) is 0. The first-order valence-electron chi connectivity index (χ1n) is 4.95. The molecule has 19 heavy (non-hydrogen) atoms. The first kappa shape index (κ1) is 21.6. The van der Waals surface area contributed by atoms with E-state index in [0.29, 0.717) is 24.3 Å². The Morgan fingerprint density at radius 3 is 0.789 bits per heavy atom. The lowest BCUT2D eigenvalue weighted by Crippen LogP contribution is -1.91. The second-order valence-electron chi connectivity index (χ2n) is 2.73. The third-order valence-corrected chi connectivity index (χ3v) is 0.737. The van der Waals surface area contributed by atoms with Gasteiger partial charge in [0, 0.05) is 24.3 Å². The minimum atomic E-state index is -1.26. The monoisotopic (exact) mass is 276 g/mol. The normalized spacial score (nSPS) is 8.95. The molecule has 4 N–H and O–H groups in total. The molecule has 0 spiro atoms. The molecular formula is C11H16O8. The molecule has 0 aromatic rings. The zero-order valence-corrected chi connectivity index (χ0v) is 10.4. The van der Waals surface area contributed by atoms with Crippen molar-refractivity contribution in [3.8, 4) is 0 Å². The Labute approximate surface area is 109 Å². The first-order chi connectivity index (χ1) is 8.67. The zero-order valence-electron chi connectivity index (χ0n) is 10.4. The lowest BCUT2D eigenvalue weighted by molar-refractivity contribution is -0.134. The predicted molar refractivity (Wildman–Crippen MR) is 64.8 cm³/mol. The van der Waals surface area contributed by atoms with Gasteiger partial charge in [-0.2, -0.15) is 0 Å². The van der Waals surface area contributed by atoms with E-state index in [-0.39, 0.29) is 0 Å². The first-order valence-corrected chi connectivity index (χ1v) is 4.95. The molecule has 0 amide bonds. The van der Waals surface area contributed by atoms with Crippen molar-refractivity contribution in [3.05, 3.63) is 24.3 Å². The lowest BCUT2D eigenvalue weighted by atomic mass is 10.5. The minimum Gasteiger partial charge on any atom is -0.478 e. The summed E-state index contributed by atoms with van der Waals surface area (Å²) in [4.78, 5) is 38.2. The summed E-state index contributed by atoms with van der Waals surface area (Å²) in [5.41, 5.74) is 0. The van der Waals surface area contributed by atoms with Gasteiger partial charge < -0.3 is 20.4 Å². The molecule has 0 heterocycles. The summed E-state index contributed by atoms with van der Waals surface area (Å²) in [5.74, 6) is -5.03. The summed E-state index contributed by atoms with van der Waals surface area (Å²) >= 11 is 0. The van der Waals surface area contributed by atoms with Gasteiger partial charge in [-0.15, -0.1) is 0 Å². The van der Waals surface area contributed by atoms with Gasteiger partial charge in [-0.3, -0.25) is 0 Å². The number of rotatable bonds is 4. The highest BCUT2D eigenvalue weighted by molar-refractivity contribution is 5.90. The van der Waals surface area contributed by atoms with Crippen molar-refractivity contribution in [2.24, 2.45) is 0 Å². The van der Waals surface area contributed by atoms with Crippen LogP contribution in [0.15, 0.2) is 24.3 Å². The van der Waals surface area contributed by atoms with E-state index in [4.69, 9.17) is 20.4 Å². The molecule has 0 aliphatic rings. The molecule has 0 aliphatic carbocycles. The summed E-state index contributed by atoms with van der Waals surface area (Å²) in [6.45, 7) is 4.25. The number of carboxylic acid groups (broad SMARTS) is 4. The van der Waals surface area contributed by atoms with Crippen molar-refractivity contribution in [1.82, 2.24) is 0 Å². The van der Waals surface area contributed by atoms with Crippen molar-refractivity contribution in [1.29, 1.82) is 0 Å². The van der Waals surface area contributed by atoms with Gasteiger partial charge in [-0.1, -0.05) is 20.3 Å². The van der Waals surface area contributed by atoms with Crippen molar-refractivity contribution in [3.63, 3.8) is 0 Å². The van der Waals surface area contributed by atoms with Gasteiger partial charge >= 0.3 is 23.9 Å². The van der Waals surface area contributed by atoms with Crippen molar-refractivity contribution >= 4 is 23.9 Å². The van der Waals surface area contributed by atoms with Crippen LogP contribution in [0.5, 0.6) is 0 Å². The molecule has 0 fully saturated rings. The zero-order chi connectivity index (χ0) is 15.8. The molecule has 0 atom stereocenters. The van der Waals surface area contributed by atoms with E-state index in [1.54, 1.807) is 0 Å². The third-order valence-electron chi connectivity index (χ3n) is 0.737. The highest BCUT2D eigenvalue weighted by atomic mass is 16.4. The van der Waals surface area contributed by atoms with Crippen LogP contribution in [0, 0.1) is 0 Å². The van der Waals surface area contributed by atoms with E-state index in [0.717, 1.165) is 0 Å². The molecular weight excluding hydrogens is 260 g/mol. The molecule has 0 aliphatic heterocycles. The Morgan fingerprint density at radius 1 is 0.632 bits per heavy atom. The summed E-state index contributed by atoms with van der Waals surface area (Å²) in [6.07, 6.45) is 3.48. The Morgan fingerprint density at radius 2 is 0.737 bits per heavy atom. The Bertz CT molecular complexity index is 288. The maximum absolute atomic E-state index is 9.55. The fourth-order valence-corrected chi connectivity index (χ4v) is 0.285. The summed E-state index contributed by atoms with van der Waals surface area (Å²) < 4.78 is 0. The molecule has 0 saturated carbocycles. The molecule has 0 saturated heterocycles. The topological polar surface area (TPSA) is 149 Å². The molecule has 108 valence electrons. The highest BCUT2D eigenvalue weighted by Gasteiger charge is 1.88. The third kappa shape index (κ3) is 50.6. The van der Waals surface area contributed by atoms with Crippen LogP contribution >= 0.6 is 0 Å². The predicted octanol–water partition coefficient (Wildman–Crippen LogP) is 0.840. The maximum Gasteiger partial charge on any atom is 0.328 e. The standard InChI is InChI=1S/2C4H4O4.C3H8/c2*5-3(6)1-2-4(7)8;1-3-2/h2*1-2H,(H,5,6)(H,7,8);3H2,1-2H3/b2*2-1+;. The number of carboxylic acids is 4. The summed E-state index contributed by atoms with van der Waals surface area (Å²) in [5, 5.41) is 31.2. The van der Waals surface area contributed by atoms with E-state index in [1.165, 1.54) is 6.42 Å². The quantitative estimate of drug-likeness (QED) is 0.551. The van der Waals surface area contributed by atoms with E-state index in [1.807, 2.05) is 0 Å². The molecule has 8 nitrogen and oxygen atoms in total. The molecule has 8 heteroatoms. The van der Waals surface area contributed by atoms with Gasteiger partial charge in [0.1, 0.15) is 0 Å². The van der Waals surface area contributed by atoms with Crippen molar-refractivity contribution in [2.75, 3.05) is 0 Å². The van der Waals surface area contributed by atoms with Crippen molar-refractivity contribution in [2.45, 2.75) is 20.3 Å². The minimum absolute atomic E-state index is 0.558. The lowest BCUT2D eigenvalue weighted by Gasteiger charge is -1.74. The fraction of sp³-hybridized carbons (Fsp3) is 0.273. The molecule has 0 rings (SSSR count). The maximum atomic E-state index is 9.55. The Balaban J connectivity index is -0.000000224. The van der Waals surface area contributed by atoms with Gasteiger partial charge in [0.05, 0.1) is 0 Å². The van der Waals surface area contributed by atoms with Crippen LogP contribution in [-0.2, 0) is 19.2 Å². The van der Waals surface area contributed by atoms with Gasteiger partial charge in [0.2, 0.25) is 0 Å². The van der Waals surface area contributed by atoms with Crippen LogP contribution < -0.4 is 0 Å². The molecule has 0 aromatic heterocycles. The van der Waals surface area contributed by atoms with E-state index < -0.39 is 23.9 Å². The largest absolute Gasteiger partial charge is 0.478 e. The molecule has 0 aromatic carbocycles. The Kier molecular flexibility index (Phi) is 17.5. The fourth-order valence-electron chi connectivity index (χ4n) is 0.285. The van der Waals surface area contributed by atoms with Crippen LogP contribution in [0.4, 0.5) is 0 Å². The number of aliphatic carboxylic acids is 4. The molecule has 0 unspecified atom stereocenters. The summed E-state index contributed by atoms with van der Waals surface area (Å²) in [6, 6.07) is 0. The SMILES string of the molecule is CCC.O=C(O)/C=C/C(=O)O.O=C(O)/C=C/C(=O)O. The van der Waals surface area contributed by atoms with Crippen LogP contribution in [-0.4, -0.2) is 44.3 Å². The average Bonchev–Trinajstić information content (AvgIpc) is 2.25. The molecule has 0 bridgehead atoms. The number of hydrogen-bond acceptors (Lipinski definition) is 4. The average molecular weight is 276 g/mol. The van der Waals surface area contributed by atoms with Gasteiger partial charge in [0.15, 0.2) is 0 Å². The number of hydrogen-bond donors (Lipinski definition) is 4. The Hall–Kier alpha value is -2.64.